The van der Waals surface area contributed by atoms with Gasteiger partial charge in [0.05, 0.1) is 18.5 Å². The topological polar surface area (TPSA) is 76.9 Å². The molecule has 0 saturated heterocycles. The molecule has 0 aliphatic rings. The van der Waals surface area contributed by atoms with Crippen molar-refractivity contribution in [3.05, 3.63) is 47.5 Å². The highest BCUT2D eigenvalue weighted by molar-refractivity contribution is 6.30. The summed E-state index contributed by atoms with van der Waals surface area (Å²) in [7, 11) is 0. The molecule has 5 nitrogen and oxygen atoms in total. The predicted octanol–water partition coefficient (Wildman–Crippen LogP) is 2.29. The summed E-state index contributed by atoms with van der Waals surface area (Å²) in [6, 6.07) is 5.06. The van der Waals surface area contributed by atoms with Crippen molar-refractivity contribution in [2.75, 3.05) is 6.61 Å². The molecule has 0 bridgehead atoms. The standard InChI is InChI=1S/C13H15ClN4O/c14-10-2-3-11(13(15)16)12(8-10)19-7-1-5-18-6-4-17-9-18/h2-4,6,8-9H,1,5,7H2,(H3,15,16). The second-order valence-electron chi connectivity index (χ2n) is 4.06. The van der Waals surface area contributed by atoms with E-state index in [2.05, 4.69) is 4.98 Å². The summed E-state index contributed by atoms with van der Waals surface area (Å²) in [5, 5.41) is 8.05. The molecule has 0 fully saturated rings. The molecule has 0 atom stereocenters. The molecule has 1 heterocycles. The zero-order valence-corrected chi connectivity index (χ0v) is 11.1. The average Bonchev–Trinajstić information content (AvgIpc) is 2.87. The van der Waals surface area contributed by atoms with Gasteiger partial charge in [0.15, 0.2) is 0 Å². The molecule has 2 rings (SSSR count). The Morgan fingerprint density at radius 3 is 3.00 bits per heavy atom. The molecule has 0 amide bonds. The number of imidazole rings is 1. The number of aromatic nitrogens is 2. The summed E-state index contributed by atoms with van der Waals surface area (Å²) in [6.45, 7) is 1.36. The van der Waals surface area contributed by atoms with E-state index in [4.69, 9.17) is 27.5 Å². The number of aryl methyl sites for hydroxylation is 1. The molecule has 1 aromatic carbocycles. The van der Waals surface area contributed by atoms with Gasteiger partial charge >= 0.3 is 0 Å². The summed E-state index contributed by atoms with van der Waals surface area (Å²) in [5.41, 5.74) is 6.06. The maximum absolute atomic E-state index is 7.48. The van der Waals surface area contributed by atoms with Gasteiger partial charge in [0.1, 0.15) is 11.6 Å². The van der Waals surface area contributed by atoms with Gasteiger partial charge in [-0.15, -0.1) is 0 Å². The maximum Gasteiger partial charge on any atom is 0.131 e. The van der Waals surface area contributed by atoms with Crippen LogP contribution < -0.4 is 10.5 Å². The summed E-state index contributed by atoms with van der Waals surface area (Å²) in [6.07, 6.45) is 6.24. The van der Waals surface area contributed by atoms with Gasteiger partial charge in [-0.05, 0) is 24.6 Å². The lowest BCUT2D eigenvalue weighted by molar-refractivity contribution is 0.301. The fourth-order valence-corrected chi connectivity index (χ4v) is 1.85. The lowest BCUT2D eigenvalue weighted by atomic mass is 10.2. The van der Waals surface area contributed by atoms with E-state index in [-0.39, 0.29) is 5.84 Å². The van der Waals surface area contributed by atoms with Crippen LogP contribution in [-0.4, -0.2) is 22.0 Å². The van der Waals surface area contributed by atoms with E-state index < -0.39 is 0 Å². The van der Waals surface area contributed by atoms with E-state index in [1.165, 1.54) is 0 Å². The highest BCUT2D eigenvalue weighted by atomic mass is 35.5. The van der Waals surface area contributed by atoms with Crippen molar-refractivity contribution < 1.29 is 4.74 Å². The lowest BCUT2D eigenvalue weighted by Gasteiger charge is -2.11. The van der Waals surface area contributed by atoms with E-state index in [0.29, 0.717) is 22.9 Å². The minimum absolute atomic E-state index is 0.0266. The zero-order valence-electron chi connectivity index (χ0n) is 10.3. The Bertz CT molecular complexity index is 554. The van der Waals surface area contributed by atoms with Crippen molar-refractivity contribution in [3.63, 3.8) is 0 Å². The molecular formula is C13H15ClN4O. The van der Waals surface area contributed by atoms with Crippen molar-refractivity contribution in [2.45, 2.75) is 13.0 Å². The second kappa shape index (κ2) is 6.24. The summed E-state index contributed by atoms with van der Waals surface area (Å²) >= 11 is 5.91. The number of nitrogen functional groups attached to an aromatic ring is 1. The summed E-state index contributed by atoms with van der Waals surface area (Å²) in [4.78, 5) is 3.97. The van der Waals surface area contributed by atoms with E-state index >= 15 is 0 Å². The molecule has 0 spiro atoms. The first kappa shape index (κ1) is 13.4. The molecule has 2 aromatic rings. The van der Waals surface area contributed by atoms with Crippen LogP contribution in [0.1, 0.15) is 12.0 Å². The molecule has 0 unspecified atom stereocenters. The van der Waals surface area contributed by atoms with Crippen molar-refractivity contribution in [1.82, 2.24) is 9.55 Å². The van der Waals surface area contributed by atoms with E-state index in [1.54, 1.807) is 30.7 Å². The fourth-order valence-electron chi connectivity index (χ4n) is 1.69. The first-order chi connectivity index (χ1) is 9.16. The van der Waals surface area contributed by atoms with Gasteiger partial charge in [-0.3, -0.25) is 5.41 Å². The Labute approximate surface area is 116 Å². The average molecular weight is 279 g/mol. The Morgan fingerprint density at radius 1 is 1.47 bits per heavy atom. The van der Waals surface area contributed by atoms with Gasteiger partial charge in [-0.25, -0.2) is 4.98 Å². The Morgan fingerprint density at radius 2 is 2.32 bits per heavy atom. The molecule has 0 aliphatic heterocycles. The molecule has 0 saturated carbocycles. The highest BCUT2D eigenvalue weighted by Gasteiger charge is 2.07. The molecule has 0 aliphatic carbocycles. The Kier molecular flexibility index (Phi) is 4.41. The number of rotatable bonds is 6. The number of nitrogens with one attached hydrogen (secondary N) is 1. The minimum Gasteiger partial charge on any atom is -0.493 e. The third-order valence-electron chi connectivity index (χ3n) is 2.61. The SMILES string of the molecule is N=C(N)c1ccc(Cl)cc1OCCCn1ccnc1. The number of amidine groups is 1. The van der Waals surface area contributed by atoms with Crippen LogP contribution in [0.15, 0.2) is 36.9 Å². The van der Waals surface area contributed by atoms with Gasteiger partial charge in [-0.1, -0.05) is 11.6 Å². The van der Waals surface area contributed by atoms with Crippen LogP contribution in [0, 0.1) is 5.41 Å². The van der Waals surface area contributed by atoms with Crippen molar-refractivity contribution in [2.24, 2.45) is 5.73 Å². The number of hydrogen-bond acceptors (Lipinski definition) is 3. The number of nitrogens with two attached hydrogens (primary N) is 1. The molecule has 100 valence electrons. The lowest BCUT2D eigenvalue weighted by Crippen LogP contribution is -2.13. The Balaban J connectivity index is 1.91. The largest absolute Gasteiger partial charge is 0.493 e. The Hall–Kier alpha value is -2.01. The van der Waals surface area contributed by atoms with Crippen molar-refractivity contribution >= 4 is 17.4 Å². The molecule has 3 N–H and O–H groups in total. The molecule has 0 radical (unpaired) electrons. The van der Waals surface area contributed by atoms with Crippen LogP contribution in [-0.2, 0) is 6.54 Å². The molecule has 6 heteroatoms. The van der Waals surface area contributed by atoms with Crippen LogP contribution >= 0.6 is 11.6 Å². The van der Waals surface area contributed by atoms with Crippen LogP contribution in [0.5, 0.6) is 5.75 Å². The van der Waals surface area contributed by atoms with Gasteiger partial charge in [0.25, 0.3) is 0 Å². The molecular weight excluding hydrogens is 264 g/mol. The predicted molar refractivity (Wildman–Crippen MR) is 74.8 cm³/mol. The molecule has 19 heavy (non-hydrogen) atoms. The number of nitrogens with zero attached hydrogens (tertiary/aromatic N) is 2. The summed E-state index contributed by atoms with van der Waals surface area (Å²) < 4.78 is 7.62. The van der Waals surface area contributed by atoms with Gasteiger partial charge in [0.2, 0.25) is 0 Å². The fraction of sp³-hybridized carbons (Fsp3) is 0.231. The quantitative estimate of drug-likeness (QED) is 0.483. The van der Waals surface area contributed by atoms with Crippen LogP contribution in [0.2, 0.25) is 5.02 Å². The van der Waals surface area contributed by atoms with E-state index in [1.807, 2.05) is 10.8 Å². The van der Waals surface area contributed by atoms with Gasteiger partial charge in [0, 0.05) is 24.0 Å². The van der Waals surface area contributed by atoms with Crippen molar-refractivity contribution in [1.29, 1.82) is 5.41 Å². The number of benzene rings is 1. The first-order valence-electron chi connectivity index (χ1n) is 5.89. The third kappa shape index (κ3) is 3.72. The van der Waals surface area contributed by atoms with Crippen molar-refractivity contribution in [3.8, 4) is 5.75 Å². The van der Waals surface area contributed by atoms with Crippen LogP contribution in [0.25, 0.3) is 0 Å². The van der Waals surface area contributed by atoms with E-state index in [9.17, 15) is 0 Å². The number of ether oxygens (including phenoxy) is 1. The monoisotopic (exact) mass is 278 g/mol. The zero-order chi connectivity index (χ0) is 13.7. The number of halogens is 1. The summed E-state index contributed by atoms with van der Waals surface area (Å²) in [5.74, 6) is 0.520. The van der Waals surface area contributed by atoms with E-state index in [0.717, 1.165) is 13.0 Å². The van der Waals surface area contributed by atoms with Crippen LogP contribution in [0.4, 0.5) is 0 Å². The smallest absolute Gasteiger partial charge is 0.131 e. The maximum atomic E-state index is 7.48. The second-order valence-corrected chi connectivity index (χ2v) is 4.49. The normalized spacial score (nSPS) is 10.4. The molecule has 1 aromatic heterocycles. The minimum atomic E-state index is -0.0266. The first-order valence-corrected chi connectivity index (χ1v) is 6.27. The van der Waals surface area contributed by atoms with Gasteiger partial charge < -0.3 is 15.0 Å². The third-order valence-corrected chi connectivity index (χ3v) is 2.85. The highest BCUT2D eigenvalue weighted by Crippen LogP contribution is 2.23. The van der Waals surface area contributed by atoms with Gasteiger partial charge in [-0.2, -0.15) is 0 Å². The van der Waals surface area contributed by atoms with Crippen LogP contribution in [0.3, 0.4) is 0 Å². The number of hydrogen-bond donors (Lipinski definition) is 2.